The second kappa shape index (κ2) is 3.36. The van der Waals surface area contributed by atoms with Crippen molar-refractivity contribution in [2.75, 3.05) is 14.1 Å². The number of allylic oxidation sites excluding steroid dienone is 1. The van der Waals surface area contributed by atoms with Crippen LogP contribution in [0.5, 0.6) is 0 Å². The Morgan fingerprint density at radius 3 is 2.25 bits per heavy atom. The molecule has 0 radical (unpaired) electrons. The summed E-state index contributed by atoms with van der Waals surface area (Å²) in [7, 11) is 3.86. The van der Waals surface area contributed by atoms with Crippen molar-refractivity contribution in [3.8, 4) is 0 Å². The minimum Gasteiger partial charge on any atom is -0.386 e. The van der Waals surface area contributed by atoms with Crippen molar-refractivity contribution in [1.29, 1.82) is 0 Å². The van der Waals surface area contributed by atoms with Crippen molar-refractivity contribution in [2.45, 2.75) is 13.3 Å². The SMILES string of the molecule is CCC=C(N)N(C)C. The van der Waals surface area contributed by atoms with Gasteiger partial charge in [0.15, 0.2) is 0 Å². The molecule has 0 saturated heterocycles. The Labute approximate surface area is 51.0 Å². The van der Waals surface area contributed by atoms with Gasteiger partial charge >= 0.3 is 0 Å². The first-order valence-corrected chi connectivity index (χ1v) is 2.81. The molecule has 0 unspecified atom stereocenters. The first-order chi connectivity index (χ1) is 3.68. The van der Waals surface area contributed by atoms with Gasteiger partial charge in [0, 0.05) is 14.1 Å². The zero-order valence-electron chi connectivity index (χ0n) is 5.81. The van der Waals surface area contributed by atoms with Crippen LogP contribution < -0.4 is 5.73 Å². The zero-order chi connectivity index (χ0) is 6.57. The molecular weight excluding hydrogens is 100 g/mol. The van der Waals surface area contributed by atoms with Crippen molar-refractivity contribution in [3.63, 3.8) is 0 Å². The third-order valence-electron chi connectivity index (χ3n) is 0.930. The van der Waals surface area contributed by atoms with Crippen LogP contribution in [0, 0.1) is 0 Å². The van der Waals surface area contributed by atoms with Gasteiger partial charge in [0.2, 0.25) is 0 Å². The number of hydrogen-bond donors (Lipinski definition) is 1. The summed E-state index contributed by atoms with van der Waals surface area (Å²) in [5.74, 6) is 0.840. The van der Waals surface area contributed by atoms with Gasteiger partial charge in [-0.15, -0.1) is 0 Å². The van der Waals surface area contributed by atoms with Gasteiger partial charge in [0.1, 0.15) is 0 Å². The number of nitrogens with zero attached hydrogens (tertiary/aromatic N) is 1. The molecule has 0 saturated carbocycles. The van der Waals surface area contributed by atoms with Gasteiger partial charge < -0.3 is 10.6 Å². The molecule has 0 aromatic rings. The van der Waals surface area contributed by atoms with Gasteiger partial charge in [-0.25, -0.2) is 0 Å². The summed E-state index contributed by atoms with van der Waals surface area (Å²) in [5.41, 5.74) is 5.51. The van der Waals surface area contributed by atoms with E-state index in [9.17, 15) is 0 Å². The van der Waals surface area contributed by atoms with Crippen LogP contribution in [0.2, 0.25) is 0 Å². The molecule has 2 heteroatoms. The zero-order valence-corrected chi connectivity index (χ0v) is 5.81. The summed E-state index contributed by atoms with van der Waals surface area (Å²) >= 11 is 0. The summed E-state index contributed by atoms with van der Waals surface area (Å²) in [5, 5.41) is 0. The molecular formula is C6H14N2. The van der Waals surface area contributed by atoms with Gasteiger partial charge in [-0.3, -0.25) is 0 Å². The Balaban J connectivity index is 3.61. The molecule has 0 aliphatic rings. The highest BCUT2D eigenvalue weighted by Gasteiger charge is 1.86. The van der Waals surface area contributed by atoms with E-state index in [1.54, 1.807) is 0 Å². The molecule has 0 atom stereocenters. The van der Waals surface area contributed by atoms with Crippen LogP contribution in [-0.2, 0) is 0 Å². The lowest BCUT2D eigenvalue weighted by Crippen LogP contribution is -2.17. The molecule has 0 spiro atoms. The average molecular weight is 114 g/mol. The van der Waals surface area contributed by atoms with Crippen LogP contribution in [0.1, 0.15) is 13.3 Å². The molecule has 0 aliphatic carbocycles. The molecule has 48 valence electrons. The predicted molar refractivity (Wildman–Crippen MR) is 36.2 cm³/mol. The van der Waals surface area contributed by atoms with E-state index in [1.165, 1.54) is 0 Å². The summed E-state index contributed by atoms with van der Waals surface area (Å²) < 4.78 is 0. The van der Waals surface area contributed by atoms with Crippen molar-refractivity contribution in [3.05, 3.63) is 11.9 Å². The largest absolute Gasteiger partial charge is 0.386 e. The fourth-order valence-electron chi connectivity index (χ4n) is 0.392. The standard InChI is InChI=1S/C6H14N2/c1-4-5-6(7)8(2)3/h5H,4,7H2,1-3H3. The lowest BCUT2D eigenvalue weighted by molar-refractivity contribution is 0.503. The van der Waals surface area contributed by atoms with Crippen LogP contribution in [0.15, 0.2) is 11.9 Å². The third-order valence-corrected chi connectivity index (χ3v) is 0.930. The second-order valence-electron chi connectivity index (χ2n) is 1.93. The Morgan fingerprint density at radius 1 is 1.62 bits per heavy atom. The van der Waals surface area contributed by atoms with Gasteiger partial charge in [-0.2, -0.15) is 0 Å². The van der Waals surface area contributed by atoms with E-state index in [2.05, 4.69) is 6.92 Å². The van der Waals surface area contributed by atoms with E-state index < -0.39 is 0 Å². The highest BCUT2D eigenvalue weighted by molar-refractivity contribution is 4.92. The molecule has 0 aromatic carbocycles. The van der Waals surface area contributed by atoms with Crippen LogP contribution in [0.4, 0.5) is 0 Å². The van der Waals surface area contributed by atoms with Crippen LogP contribution in [-0.4, -0.2) is 19.0 Å². The highest BCUT2D eigenvalue weighted by atomic mass is 15.1. The van der Waals surface area contributed by atoms with E-state index in [4.69, 9.17) is 5.73 Å². The maximum Gasteiger partial charge on any atom is 0.0939 e. The molecule has 0 amide bonds. The topological polar surface area (TPSA) is 29.3 Å². The van der Waals surface area contributed by atoms with Gasteiger partial charge in [-0.05, 0) is 12.5 Å². The fraction of sp³-hybridized carbons (Fsp3) is 0.667. The summed E-state index contributed by atoms with van der Waals surface area (Å²) in [6.45, 7) is 2.07. The minimum absolute atomic E-state index is 0.840. The number of nitrogens with two attached hydrogens (primary N) is 1. The average Bonchev–Trinajstić information content (AvgIpc) is 1.67. The quantitative estimate of drug-likeness (QED) is 0.574. The monoisotopic (exact) mass is 114 g/mol. The van der Waals surface area contributed by atoms with Crippen LogP contribution in [0.3, 0.4) is 0 Å². The Kier molecular flexibility index (Phi) is 3.08. The van der Waals surface area contributed by atoms with Crippen molar-refractivity contribution < 1.29 is 0 Å². The smallest absolute Gasteiger partial charge is 0.0939 e. The van der Waals surface area contributed by atoms with Gasteiger partial charge in [0.25, 0.3) is 0 Å². The maximum atomic E-state index is 5.51. The van der Waals surface area contributed by atoms with E-state index in [0.717, 1.165) is 12.2 Å². The Morgan fingerprint density at radius 2 is 2.12 bits per heavy atom. The van der Waals surface area contributed by atoms with E-state index in [-0.39, 0.29) is 0 Å². The molecule has 0 bridgehead atoms. The van der Waals surface area contributed by atoms with E-state index in [0.29, 0.717) is 0 Å². The Hall–Kier alpha value is -0.660. The molecule has 0 aliphatic heterocycles. The van der Waals surface area contributed by atoms with E-state index in [1.807, 2.05) is 25.1 Å². The van der Waals surface area contributed by atoms with Gasteiger partial charge in [0.05, 0.1) is 5.82 Å². The van der Waals surface area contributed by atoms with Gasteiger partial charge in [-0.1, -0.05) is 6.92 Å². The van der Waals surface area contributed by atoms with Crippen LogP contribution in [0.25, 0.3) is 0 Å². The van der Waals surface area contributed by atoms with E-state index >= 15 is 0 Å². The normalized spacial score (nSPS) is 11.6. The van der Waals surface area contributed by atoms with Crippen molar-refractivity contribution in [2.24, 2.45) is 5.73 Å². The molecule has 0 aromatic heterocycles. The third kappa shape index (κ3) is 2.50. The molecule has 0 fully saturated rings. The number of rotatable bonds is 2. The second-order valence-corrected chi connectivity index (χ2v) is 1.93. The van der Waals surface area contributed by atoms with Crippen molar-refractivity contribution >= 4 is 0 Å². The molecule has 0 heterocycles. The summed E-state index contributed by atoms with van der Waals surface area (Å²) in [6, 6.07) is 0. The Bertz CT molecular complexity index is 84.5. The summed E-state index contributed by atoms with van der Waals surface area (Å²) in [4.78, 5) is 1.89. The summed E-state index contributed by atoms with van der Waals surface area (Å²) in [6.07, 6.45) is 2.99. The van der Waals surface area contributed by atoms with Crippen molar-refractivity contribution in [1.82, 2.24) is 4.90 Å². The molecule has 0 rings (SSSR count). The fourth-order valence-corrected chi connectivity index (χ4v) is 0.392. The number of hydrogen-bond acceptors (Lipinski definition) is 2. The van der Waals surface area contributed by atoms with Crippen LogP contribution >= 0.6 is 0 Å². The first-order valence-electron chi connectivity index (χ1n) is 2.81. The minimum atomic E-state index is 0.840. The maximum absolute atomic E-state index is 5.51. The molecule has 2 nitrogen and oxygen atoms in total. The lowest BCUT2D eigenvalue weighted by Gasteiger charge is -2.10. The molecule has 2 N–H and O–H groups in total. The highest BCUT2D eigenvalue weighted by Crippen LogP contribution is 1.89. The first kappa shape index (κ1) is 7.34. The molecule has 8 heavy (non-hydrogen) atoms. The predicted octanol–water partition coefficient (Wildman–Crippen LogP) is 0.758. The lowest BCUT2D eigenvalue weighted by atomic mass is 10.4.